The van der Waals surface area contributed by atoms with Crippen LogP contribution in [0.1, 0.15) is 0 Å². The fraction of sp³-hybridized carbons (Fsp3) is 0. The van der Waals surface area contributed by atoms with Crippen molar-refractivity contribution >= 4 is 22.7 Å². The topological polar surface area (TPSA) is 163 Å². The molecule has 0 spiro atoms. The molecule has 0 aliphatic carbocycles. The van der Waals surface area contributed by atoms with Crippen LogP contribution in [-0.4, -0.2) is 9.85 Å². The molecule has 3 N–H and O–H groups in total. The standard InChI is InChI=1S/C6H5N6O4/c7-3-1-4(9-10-8)6(12(15)16)2-5(3)11(13)14/h1-2,8H,7H2/q+1. The number of rotatable bonds is 3. The number of nitrogens with one attached hydrogen (secondary N) is 1. The summed E-state index contributed by atoms with van der Waals surface area (Å²) in [7, 11) is 0. The molecule has 82 valence electrons. The Kier molecular flexibility index (Phi) is 2.88. The van der Waals surface area contributed by atoms with Crippen LogP contribution in [0, 0.1) is 25.8 Å². The Bertz CT molecular complexity index is 520. The monoisotopic (exact) mass is 225 g/mol. The number of benzene rings is 1. The molecule has 1 rings (SSSR count). The molecule has 0 aliphatic rings. The van der Waals surface area contributed by atoms with Crippen LogP contribution in [0.3, 0.4) is 0 Å². The lowest BCUT2D eigenvalue weighted by Crippen LogP contribution is -1.98. The van der Waals surface area contributed by atoms with Crippen LogP contribution in [0.2, 0.25) is 0 Å². The summed E-state index contributed by atoms with van der Waals surface area (Å²) in [4.78, 5) is 21.9. The lowest BCUT2D eigenvalue weighted by atomic mass is 10.2. The van der Waals surface area contributed by atoms with Gasteiger partial charge >= 0.3 is 5.69 Å². The second-order valence-electron chi connectivity index (χ2n) is 2.61. The van der Waals surface area contributed by atoms with Crippen molar-refractivity contribution in [3.05, 3.63) is 32.4 Å². The molecule has 0 heterocycles. The number of nitrogen functional groups attached to an aromatic ring is 1. The summed E-state index contributed by atoms with van der Waals surface area (Å²) in [5, 5.41) is 24.2. The third kappa shape index (κ3) is 1.96. The fourth-order valence-electron chi connectivity index (χ4n) is 1.02. The minimum absolute atomic E-state index is 0.280. The normalized spacial score (nSPS) is 9.25. The van der Waals surface area contributed by atoms with E-state index >= 15 is 0 Å². The van der Waals surface area contributed by atoms with E-state index in [9.17, 15) is 20.2 Å². The van der Waals surface area contributed by atoms with Crippen molar-refractivity contribution in [2.24, 2.45) is 5.11 Å². The van der Waals surface area contributed by atoms with Gasteiger partial charge in [-0.05, 0) is 0 Å². The molecule has 0 unspecified atom stereocenters. The Hall–Kier alpha value is -2.87. The molecular formula is C6H5N6O4+. The lowest BCUT2D eigenvalue weighted by Gasteiger charge is -1.97. The minimum Gasteiger partial charge on any atom is -0.393 e. The molecule has 0 saturated carbocycles. The smallest absolute Gasteiger partial charge is 0.309 e. The van der Waals surface area contributed by atoms with Gasteiger partial charge in [0.1, 0.15) is 11.2 Å². The number of nitrogens with two attached hydrogens (primary N) is 1. The quantitative estimate of drug-likeness (QED) is 0.259. The van der Waals surface area contributed by atoms with Gasteiger partial charge in [0, 0.05) is 6.07 Å². The van der Waals surface area contributed by atoms with E-state index in [4.69, 9.17) is 11.3 Å². The number of nitro groups is 2. The molecule has 16 heavy (non-hydrogen) atoms. The van der Waals surface area contributed by atoms with E-state index in [0.29, 0.717) is 6.07 Å². The van der Waals surface area contributed by atoms with Gasteiger partial charge in [-0.15, -0.1) is 0 Å². The molecule has 10 heteroatoms. The van der Waals surface area contributed by atoms with Gasteiger partial charge < -0.3 is 5.73 Å². The molecule has 0 atom stereocenters. The van der Waals surface area contributed by atoms with Gasteiger partial charge in [-0.1, -0.05) is 0 Å². The highest BCUT2D eigenvalue weighted by Gasteiger charge is 2.25. The highest BCUT2D eigenvalue weighted by Crippen LogP contribution is 2.35. The number of nitrogens with zero attached hydrogens (tertiary/aromatic N) is 4. The Labute approximate surface area is 87.2 Å². The van der Waals surface area contributed by atoms with Crippen LogP contribution < -0.4 is 10.6 Å². The van der Waals surface area contributed by atoms with E-state index in [-0.39, 0.29) is 11.4 Å². The molecule has 0 aromatic heterocycles. The van der Waals surface area contributed by atoms with Crippen molar-refractivity contribution in [2.75, 3.05) is 5.73 Å². The fourth-order valence-corrected chi connectivity index (χ4v) is 1.02. The van der Waals surface area contributed by atoms with E-state index in [2.05, 4.69) is 10.0 Å². The van der Waals surface area contributed by atoms with E-state index < -0.39 is 21.2 Å². The van der Waals surface area contributed by atoms with Gasteiger partial charge in [-0.25, -0.2) is 0 Å². The second kappa shape index (κ2) is 4.11. The van der Waals surface area contributed by atoms with E-state index in [0.717, 1.165) is 6.07 Å². The summed E-state index contributed by atoms with van der Waals surface area (Å²) in [5.74, 6) is 0. The maximum Gasteiger partial charge on any atom is 0.309 e. The predicted molar refractivity (Wildman–Crippen MR) is 51.1 cm³/mol. The van der Waals surface area contributed by atoms with Crippen molar-refractivity contribution in [3.63, 3.8) is 0 Å². The molecule has 0 aliphatic heterocycles. The first-order valence-corrected chi connectivity index (χ1v) is 3.77. The van der Waals surface area contributed by atoms with Crippen LogP contribution in [0.15, 0.2) is 17.2 Å². The minimum atomic E-state index is -0.865. The van der Waals surface area contributed by atoms with Crippen molar-refractivity contribution in [2.45, 2.75) is 0 Å². The predicted octanol–water partition coefficient (Wildman–Crippen LogP) is 1.27. The summed E-state index contributed by atoms with van der Waals surface area (Å²) in [6.07, 6.45) is 0. The zero-order valence-electron chi connectivity index (χ0n) is 7.65. The van der Waals surface area contributed by atoms with Crippen LogP contribution in [0.5, 0.6) is 0 Å². The zero-order valence-corrected chi connectivity index (χ0v) is 7.65. The Balaban J connectivity index is 3.55. The van der Waals surface area contributed by atoms with Gasteiger partial charge in [0.25, 0.3) is 5.69 Å². The van der Waals surface area contributed by atoms with Gasteiger partial charge in [0.05, 0.1) is 15.9 Å². The van der Waals surface area contributed by atoms with Gasteiger partial charge in [-0.2, -0.15) is 0 Å². The van der Waals surface area contributed by atoms with Crippen molar-refractivity contribution in [1.29, 1.82) is 5.53 Å². The Morgan fingerprint density at radius 3 is 2.25 bits per heavy atom. The van der Waals surface area contributed by atoms with Crippen molar-refractivity contribution in [3.8, 4) is 0 Å². The average Bonchev–Trinajstić information content (AvgIpc) is 2.17. The third-order valence-electron chi connectivity index (χ3n) is 1.67. The molecule has 0 fully saturated rings. The van der Waals surface area contributed by atoms with E-state index in [1.165, 1.54) is 0 Å². The summed E-state index contributed by atoms with van der Waals surface area (Å²) in [5.41, 5.74) is 9.94. The summed E-state index contributed by atoms with van der Waals surface area (Å²) < 4.78 is 0. The maximum atomic E-state index is 10.6. The van der Waals surface area contributed by atoms with Crippen LogP contribution >= 0.6 is 0 Å². The van der Waals surface area contributed by atoms with Crippen molar-refractivity contribution in [1.82, 2.24) is 4.91 Å². The Morgan fingerprint density at radius 1 is 1.25 bits per heavy atom. The van der Waals surface area contributed by atoms with Crippen LogP contribution in [0.4, 0.5) is 22.7 Å². The Morgan fingerprint density at radius 2 is 1.81 bits per heavy atom. The molecule has 0 bridgehead atoms. The van der Waals surface area contributed by atoms with Crippen LogP contribution in [0.25, 0.3) is 0 Å². The largest absolute Gasteiger partial charge is 0.393 e. The first-order chi connectivity index (χ1) is 7.47. The number of anilines is 1. The molecule has 0 radical (unpaired) electrons. The van der Waals surface area contributed by atoms with Crippen LogP contribution in [-0.2, 0) is 0 Å². The number of hydrogen-bond acceptors (Lipinski definition) is 7. The van der Waals surface area contributed by atoms with E-state index in [1.54, 1.807) is 0 Å². The SMILES string of the molecule is N=[N+]=Nc1cc(N)c([N+](=O)[O-])cc1[N+](=O)[O-]. The van der Waals surface area contributed by atoms with Gasteiger partial charge in [0.2, 0.25) is 10.6 Å². The molecule has 1 aromatic rings. The summed E-state index contributed by atoms with van der Waals surface area (Å²) >= 11 is 0. The zero-order chi connectivity index (χ0) is 12.3. The third-order valence-corrected chi connectivity index (χ3v) is 1.67. The summed E-state index contributed by atoms with van der Waals surface area (Å²) in [6, 6.07) is 1.60. The number of nitro benzene ring substituents is 2. The molecular weight excluding hydrogens is 220 g/mol. The van der Waals surface area contributed by atoms with Gasteiger partial charge in [-0.3, -0.25) is 20.2 Å². The molecule has 0 amide bonds. The highest BCUT2D eigenvalue weighted by molar-refractivity contribution is 5.72. The van der Waals surface area contributed by atoms with Gasteiger partial charge in [0.15, 0.2) is 5.11 Å². The number of hydrogen-bond donors (Lipinski definition) is 2. The molecule has 10 nitrogen and oxygen atoms in total. The highest BCUT2D eigenvalue weighted by atomic mass is 16.6. The molecule has 0 saturated heterocycles. The first kappa shape index (κ1) is 11.2. The maximum absolute atomic E-state index is 10.6. The second-order valence-corrected chi connectivity index (χ2v) is 2.61. The van der Waals surface area contributed by atoms with E-state index in [1.807, 2.05) is 0 Å². The lowest BCUT2D eigenvalue weighted by molar-refractivity contribution is -0.393. The average molecular weight is 225 g/mol. The summed E-state index contributed by atoms with van der Waals surface area (Å²) in [6.45, 7) is 0. The molecule has 1 aromatic carbocycles. The first-order valence-electron chi connectivity index (χ1n) is 3.77. The van der Waals surface area contributed by atoms with Crippen molar-refractivity contribution < 1.29 is 9.85 Å².